The van der Waals surface area contributed by atoms with Crippen molar-refractivity contribution in [1.29, 1.82) is 0 Å². The summed E-state index contributed by atoms with van der Waals surface area (Å²) in [6.07, 6.45) is -1.05. The Hall–Kier alpha value is -3.05. The van der Waals surface area contributed by atoms with Crippen molar-refractivity contribution < 1.29 is 35.5 Å². The van der Waals surface area contributed by atoms with Gasteiger partial charge in [0.15, 0.2) is 17.6 Å². The van der Waals surface area contributed by atoms with Crippen molar-refractivity contribution in [3.63, 3.8) is 0 Å². The molecule has 0 fully saturated rings. The fourth-order valence-electron chi connectivity index (χ4n) is 3.34. The summed E-state index contributed by atoms with van der Waals surface area (Å²) in [6.45, 7) is 0. The fourth-order valence-corrected chi connectivity index (χ4v) is 4.90. The SMILES string of the molecule is O=C(c1ccccc1)c1ccc(C2Oc3c(S(=O)(=O)O)ccc2c3S(=O)(=O)O)cc1. The Bertz CT molecular complexity index is 1360. The van der Waals surface area contributed by atoms with Crippen LogP contribution in [0.3, 0.4) is 0 Å². The maximum atomic E-state index is 12.5. The average molecular weight is 446 g/mol. The van der Waals surface area contributed by atoms with Gasteiger partial charge in [0.1, 0.15) is 9.79 Å². The Kier molecular flexibility index (Phi) is 4.74. The molecule has 0 amide bonds. The van der Waals surface area contributed by atoms with E-state index in [4.69, 9.17) is 4.74 Å². The monoisotopic (exact) mass is 446 g/mol. The van der Waals surface area contributed by atoms with Gasteiger partial charge in [-0.2, -0.15) is 16.8 Å². The van der Waals surface area contributed by atoms with Crippen LogP contribution in [0.4, 0.5) is 0 Å². The molecule has 0 spiro atoms. The van der Waals surface area contributed by atoms with Crippen molar-refractivity contribution in [2.45, 2.75) is 15.9 Å². The Morgan fingerprint density at radius 1 is 0.767 bits per heavy atom. The van der Waals surface area contributed by atoms with Gasteiger partial charge in [-0.3, -0.25) is 13.9 Å². The molecule has 1 unspecified atom stereocenters. The third-order valence-electron chi connectivity index (χ3n) is 4.67. The zero-order valence-electron chi connectivity index (χ0n) is 15.1. The second kappa shape index (κ2) is 7.03. The first-order valence-corrected chi connectivity index (χ1v) is 11.4. The molecule has 2 N–H and O–H groups in total. The molecule has 0 saturated heterocycles. The first-order valence-electron chi connectivity index (χ1n) is 8.55. The summed E-state index contributed by atoms with van der Waals surface area (Å²) in [4.78, 5) is 11.1. The van der Waals surface area contributed by atoms with Crippen LogP contribution in [0.15, 0.2) is 76.5 Å². The molecular weight excluding hydrogens is 432 g/mol. The van der Waals surface area contributed by atoms with Gasteiger partial charge >= 0.3 is 0 Å². The zero-order chi connectivity index (χ0) is 21.7. The van der Waals surface area contributed by atoms with E-state index in [1.54, 1.807) is 30.3 Å². The highest BCUT2D eigenvalue weighted by atomic mass is 32.2. The van der Waals surface area contributed by atoms with Gasteiger partial charge in [-0.05, 0) is 11.6 Å². The lowest BCUT2D eigenvalue weighted by Gasteiger charge is -2.12. The number of hydrogen-bond donors (Lipinski definition) is 2. The summed E-state index contributed by atoms with van der Waals surface area (Å²) >= 11 is 0. The Labute approximate surface area is 172 Å². The molecule has 1 atom stereocenters. The van der Waals surface area contributed by atoms with E-state index in [1.807, 2.05) is 0 Å². The molecule has 1 aliphatic rings. The summed E-state index contributed by atoms with van der Waals surface area (Å²) < 4.78 is 71.2. The van der Waals surface area contributed by atoms with E-state index in [9.17, 15) is 30.7 Å². The number of benzene rings is 3. The standard InChI is InChI=1S/C20H14O8S2/c21-17(12-4-2-1-3-5-12)13-6-8-14(9-7-13)18-15-10-11-16(29(22,23)24)19(28-18)20(15)30(25,26)27/h1-11,18H,(H,22,23,24)(H,25,26,27). The molecule has 1 aliphatic heterocycles. The molecular formula is C20H14O8S2. The van der Waals surface area contributed by atoms with Crippen molar-refractivity contribution in [3.05, 3.63) is 89.0 Å². The highest BCUT2D eigenvalue weighted by Gasteiger charge is 2.39. The molecule has 30 heavy (non-hydrogen) atoms. The number of carbonyl (C=O) groups is 1. The number of hydrogen-bond acceptors (Lipinski definition) is 6. The van der Waals surface area contributed by atoms with E-state index in [0.717, 1.165) is 12.1 Å². The summed E-state index contributed by atoms with van der Waals surface area (Å²) in [5.74, 6) is -0.853. The van der Waals surface area contributed by atoms with Gasteiger partial charge in [-0.25, -0.2) is 0 Å². The van der Waals surface area contributed by atoms with E-state index in [1.165, 1.54) is 24.3 Å². The molecule has 4 rings (SSSR count). The third-order valence-corrected chi connectivity index (χ3v) is 6.49. The van der Waals surface area contributed by atoms with Crippen LogP contribution >= 0.6 is 0 Å². The van der Waals surface area contributed by atoms with Gasteiger partial charge in [0.25, 0.3) is 20.2 Å². The Morgan fingerprint density at radius 3 is 1.93 bits per heavy atom. The van der Waals surface area contributed by atoms with Crippen LogP contribution in [0.25, 0.3) is 0 Å². The fraction of sp³-hybridized carbons (Fsp3) is 0.0500. The number of ether oxygens (including phenoxy) is 1. The molecule has 3 aromatic rings. The van der Waals surface area contributed by atoms with Gasteiger partial charge in [-0.15, -0.1) is 0 Å². The van der Waals surface area contributed by atoms with Gasteiger partial charge < -0.3 is 4.74 Å². The van der Waals surface area contributed by atoms with Crippen molar-refractivity contribution in [1.82, 2.24) is 0 Å². The van der Waals surface area contributed by atoms with Crippen LogP contribution in [-0.4, -0.2) is 31.7 Å². The van der Waals surface area contributed by atoms with E-state index >= 15 is 0 Å². The van der Waals surface area contributed by atoms with E-state index in [0.29, 0.717) is 16.7 Å². The quantitative estimate of drug-likeness (QED) is 0.451. The maximum Gasteiger partial charge on any atom is 0.298 e. The van der Waals surface area contributed by atoms with Crippen molar-refractivity contribution in [2.75, 3.05) is 0 Å². The zero-order valence-corrected chi connectivity index (χ0v) is 16.7. The molecule has 0 radical (unpaired) electrons. The predicted octanol–water partition coefficient (Wildman–Crippen LogP) is 2.89. The first kappa shape index (κ1) is 20.2. The van der Waals surface area contributed by atoms with Crippen molar-refractivity contribution >= 4 is 26.0 Å². The van der Waals surface area contributed by atoms with Gasteiger partial charge in [0.2, 0.25) is 0 Å². The smallest absolute Gasteiger partial charge is 0.298 e. The molecule has 0 aliphatic carbocycles. The normalized spacial score (nSPS) is 15.6. The predicted molar refractivity (Wildman–Crippen MR) is 105 cm³/mol. The molecule has 154 valence electrons. The number of rotatable bonds is 5. The molecule has 0 saturated carbocycles. The molecule has 8 nitrogen and oxygen atoms in total. The van der Waals surface area contributed by atoms with Crippen LogP contribution < -0.4 is 4.74 Å². The van der Waals surface area contributed by atoms with Crippen LogP contribution in [0, 0.1) is 0 Å². The molecule has 0 aromatic heterocycles. The second-order valence-electron chi connectivity index (χ2n) is 6.58. The Morgan fingerprint density at radius 2 is 1.37 bits per heavy atom. The lowest BCUT2D eigenvalue weighted by Crippen LogP contribution is -2.06. The van der Waals surface area contributed by atoms with Crippen LogP contribution in [0.5, 0.6) is 5.75 Å². The van der Waals surface area contributed by atoms with E-state index in [2.05, 4.69) is 0 Å². The maximum absolute atomic E-state index is 12.5. The summed E-state index contributed by atoms with van der Waals surface area (Å²) in [5, 5.41) is 0. The minimum atomic E-state index is -4.84. The van der Waals surface area contributed by atoms with Gasteiger partial charge in [-0.1, -0.05) is 60.7 Å². The topological polar surface area (TPSA) is 135 Å². The number of fused-ring (bicyclic) bond motifs is 2. The van der Waals surface area contributed by atoms with Crippen LogP contribution in [0.1, 0.15) is 33.2 Å². The van der Waals surface area contributed by atoms with Gasteiger partial charge in [0, 0.05) is 16.7 Å². The van der Waals surface area contributed by atoms with E-state index < -0.39 is 41.9 Å². The highest BCUT2D eigenvalue weighted by molar-refractivity contribution is 7.87. The third kappa shape index (κ3) is 3.50. The Balaban J connectivity index is 1.74. The summed E-state index contributed by atoms with van der Waals surface area (Å²) in [7, 11) is -9.63. The second-order valence-corrected chi connectivity index (χ2v) is 9.32. The van der Waals surface area contributed by atoms with E-state index in [-0.39, 0.29) is 11.3 Å². The largest absolute Gasteiger partial charge is 0.478 e. The number of ketones is 1. The minimum Gasteiger partial charge on any atom is -0.478 e. The first-order chi connectivity index (χ1) is 14.1. The molecule has 10 heteroatoms. The summed E-state index contributed by atoms with van der Waals surface area (Å²) in [5.41, 5.74) is 1.33. The summed E-state index contributed by atoms with van der Waals surface area (Å²) in [6, 6.07) is 16.9. The highest BCUT2D eigenvalue weighted by Crippen LogP contribution is 2.47. The average Bonchev–Trinajstić information content (AvgIpc) is 2.97. The lowest BCUT2D eigenvalue weighted by molar-refractivity contribution is 0.103. The van der Waals surface area contributed by atoms with Gasteiger partial charge in [0.05, 0.1) is 0 Å². The molecule has 3 aromatic carbocycles. The van der Waals surface area contributed by atoms with Crippen LogP contribution in [0.2, 0.25) is 0 Å². The molecule has 1 heterocycles. The van der Waals surface area contributed by atoms with Crippen molar-refractivity contribution in [2.24, 2.45) is 0 Å². The number of carbonyl (C=O) groups excluding carboxylic acids is 1. The lowest BCUT2D eigenvalue weighted by atomic mass is 9.98. The van der Waals surface area contributed by atoms with Crippen molar-refractivity contribution in [3.8, 4) is 5.75 Å². The van der Waals surface area contributed by atoms with Crippen LogP contribution in [-0.2, 0) is 20.2 Å². The molecule has 2 bridgehead atoms. The minimum absolute atomic E-state index is 0.0158.